The minimum Gasteiger partial charge on any atom is -0.490 e. The summed E-state index contributed by atoms with van der Waals surface area (Å²) in [5.74, 6) is 1.85. The summed E-state index contributed by atoms with van der Waals surface area (Å²) < 4.78 is 12.3. The molecule has 0 saturated carbocycles. The summed E-state index contributed by atoms with van der Waals surface area (Å²) in [5, 5.41) is 0. The molecule has 0 bridgehead atoms. The van der Waals surface area contributed by atoms with Gasteiger partial charge in [-0.1, -0.05) is 123 Å². The Hall–Kier alpha value is -1.22. The number of benzene rings is 1. The molecule has 3 heteroatoms. The van der Waals surface area contributed by atoms with Crippen LogP contribution in [-0.4, -0.2) is 31.7 Å². The van der Waals surface area contributed by atoms with E-state index in [2.05, 4.69) is 50.9 Å². The fraction of sp³-hybridized carbons (Fsp3) is 0.812. The molecule has 1 aromatic rings. The van der Waals surface area contributed by atoms with Gasteiger partial charge >= 0.3 is 0 Å². The van der Waals surface area contributed by atoms with Crippen LogP contribution in [0.5, 0.6) is 11.5 Å². The molecule has 0 heterocycles. The summed E-state index contributed by atoms with van der Waals surface area (Å²) in [7, 11) is 2.25. The highest BCUT2D eigenvalue weighted by molar-refractivity contribution is 5.43. The van der Waals surface area contributed by atoms with E-state index in [4.69, 9.17) is 9.47 Å². The molecule has 0 fully saturated rings. The first-order valence-corrected chi connectivity index (χ1v) is 15.3. The van der Waals surface area contributed by atoms with Gasteiger partial charge in [0, 0.05) is 6.54 Å². The Morgan fingerprint density at radius 2 is 1.00 bits per heavy atom. The highest BCUT2D eigenvalue weighted by atomic mass is 16.5. The molecule has 0 aliphatic rings. The van der Waals surface area contributed by atoms with Crippen LogP contribution in [-0.2, 0) is 6.54 Å². The van der Waals surface area contributed by atoms with Gasteiger partial charge in [0.1, 0.15) is 0 Å². The quantitative estimate of drug-likeness (QED) is 0.128. The van der Waals surface area contributed by atoms with E-state index in [9.17, 15) is 0 Å². The maximum absolute atomic E-state index is 6.21. The highest BCUT2D eigenvalue weighted by Gasteiger charge is 2.09. The van der Waals surface area contributed by atoms with Crippen LogP contribution < -0.4 is 9.47 Å². The van der Waals surface area contributed by atoms with Crippen molar-refractivity contribution in [1.29, 1.82) is 0 Å². The van der Waals surface area contributed by atoms with Gasteiger partial charge in [-0.15, -0.1) is 0 Å². The van der Waals surface area contributed by atoms with E-state index in [1.807, 2.05) is 0 Å². The van der Waals surface area contributed by atoms with Gasteiger partial charge in [-0.05, 0) is 50.6 Å². The molecule has 0 amide bonds. The average molecular weight is 490 g/mol. The SMILES string of the molecule is CCCCCCCCCCCCN(C)Cc1ccc(OCCCCCC)c(OCCCCCC)c1. The van der Waals surface area contributed by atoms with Crippen molar-refractivity contribution >= 4 is 0 Å². The molecule has 0 atom stereocenters. The maximum atomic E-state index is 6.21. The standard InChI is InChI=1S/C32H59NO2/c1-5-8-11-14-15-16-17-18-19-20-25-33(4)29-30-23-24-31(34-26-21-12-9-6-2)32(28-30)35-27-22-13-10-7-3/h23-24,28H,5-22,25-27,29H2,1-4H3. The predicted octanol–water partition coefficient (Wildman–Crippen LogP) is 9.96. The monoisotopic (exact) mass is 489 g/mol. The number of unbranched alkanes of at least 4 members (excludes halogenated alkanes) is 15. The molecule has 0 spiro atoms. The van der Waals surface area contributed by atoms with Crippen molar-refractivity contribution in [1.82, 2.24) is 4.90 Å². The lowest BCUT2D eigenvalue weighted by molar-refractivity contribution is 0.257. The van der Waals surface area contributed by atoms with Crippen molar-refractivity contribution in [2.24, 2.45) is 0 Å². The minimum absolute atomic E-state index is 0.782. The molecule has 0 saturated heterocycles. The minimum atomic E-state index is 0.782. The van der Waals surface area contributed by atoms with Crippen LogP contribution in [0.2, 0.25) is 0 Å². The Labute approximate surface area is 219 Å². The van der Waals surface area contributed by atoms with Crippen molar-refractivity contribution < 1.29 is 9.47 Å². The van der Waals surface area contributed by atoms with E-state index in [-0.39, 0.29) is 0 Å². The van der Waals surface area contributed by atoms with E-state index in [1.165, 1.54) is 115 Å². The highest BCUT2D eigenvalue weighted by Crippen LogP contribution is 2.29. The first kappa shape index (κ1) is 31.8. The van der Waals surface area contributed by atoms with Crippen molar-refractivity contribution in [2.45, 2.75) is 143 Å². The Bertz CT molecular complexity index is 589. The van der Waals surface area contributed by atoms with Gasteiger partial charge in [0.2, 0.25) is 0 Å². The first-order chi connectivity index (χ1) is 17.2. The summed E-state index contributed by atoms with van der Waals surface area (Å²) in [4.78, 5) is 2.45. The molecule has 0 aromatic heterocycles. The summed E-state index contributed by atoms with van der Waals surface area (Å²) in [6.07, 6.45) is 23.7. The molecule has 0 N–H and O–H groups in total. The Balaban J connectivity index is 2.38. The lowest BCUT2D eigenvalue weighted by Crippen LogP contribution is -2.19. The number of hydrogen-bond acceptors (Lipinski definition) is 3. The topological polar surface area (TPSA) is 21.7 Å². The second kappa shape index (κ2) is 23.2. The van der Waals surface area contributed by atoms with Crippen LogP contribution in [0.3, 0.4) is 0 Å². The second-order valence-corrected chi connectivity index (χ2v) is 10.5. The smallest absolute Gasteiger partial charge is 0.161 e. The zero-order chi connectivity index (χ0) is 25.4. The average Bonchev–Trinajstić information content (AvgIpc) is 2.86. The van der Waals surface area contributed by atoms with Crippen LogP contribution in [0.15, 0.2) is 18.2 Å². The molecule has 1 aromatic carbocycles. The summed E-state index contributed by atoms with van der Waals surface area (Å²) in [6.45, 7) is 10.5. The molecule has 0 radical (unpaired) electrons. The van der Waals surface area contributed by atoms with Gasteiger partial charge in [0.05, 0.1) is 13.2 Å². The van der Waals surface area contributed by atoms with E-state index >= 15 is 0 Å². The van der Waals surface area contributed by atoms with Gasteiger partial charge in [-0.3, -0.25) is 0 Å². The molecule has 0 aliphatic carbocycles. The van der Waals surface area contributed by atoms with Gasteiger partial charge in [-0.25, -0.2) is 0 Å². The van der Waals surface area contributed by atoms with Crippen molar-refractivity contribution in [3.8, 4) is 11.5 Å². The molecule has 35 heavy (non-hydrogen) atoms. The number of rotatable bonds is 25. The molecule has 3 nitrogen and oxygen atoms in total. The third-order valence-corrected chi connectivity index (χ3v) is 6.86. The number of ether oxygens (including phenoxy) is 2. The molecule has 0 aliphatic heterocycles. The molecular formula is C32H59NO2. The van der Waals surface area contributed by atoms with Crippen LogP contribution >= 0.6 is 0 Å². The number of nitrogens with zero attached hydrogens (tertiary/aromatic N) is 1. The van der Waals surface area contributed by atoms with Crippen LogP contribution in [0, 0.1) is 0 Å². The Morgan fingerprint density at radius 3 is 1.54 bits per heavy atom. The predicted molar refractivity (Wildman–Crippen MR) is 154 cm³/mol. The van der Waals surface area contributed by atoms with Gasteiger partial charge in [0.25, 0.3) is 0 Å². The third kappa shape index (κ3) is 17.8. The van der Waals surface area contributed by atoms with Crippen LogP contribution in [0.4, 0.5) is 0 Å². The lowest BCUT2D eigenvalue weighted by atomic mass is 10.1. The molecule has 1 rings (SSSR count). The summed E-state index contributed by atoms with van der Waals surface area (Å²) in [6, 6.07) is 6.57. The maximum Gasteiger partial charge on any atom is 0.161 e. The molecule has 204 valence electrons. The van der Waals surface area contributed by atoms with E-state index in [0.29, 0.717) is 0 Å². The summed E-state index contributed by atoms with van der Waals surface area (Å²) >= 11 is 0. The van der Waals surface area contributed by atoms with E-state index in [0.717, 1.165) is 44.1 Å². The zero-order valence-corrected chi connectivity index (χ0v) is 24.1. The van der Waals surface area contributed by atoms with Crippen molar-refractivity contribution in [3.05, 3.63) is 23.8 Å². The van der Waals surface area contributed by atoms with Crippen molar-refractivity contribution in [3.63, 3.8) is 0 Å². The lowest BCUT2D eigenvalue weighted by Gasteiger charge is -2.19. The zero-order valence-electron chi connectivity index (χ0n) is 24.1. The fourth-order valence-electron chi connectivity index (χ4n) is 4.56. The first-order valence-electron chi connectivity index (χ1n) is 15.3. The third-order valence-electron chi connectivity index (χ3n) is 6.86. The normalized spacial score (nSPS) is 11.3. The largest absolute Gasteiger partial charge is 0.490 e. The Morgan fingerprint density at radius 1 is 0.543 bits per heavy atom. The summed E-state index contributed by atoms with van der Waals surface area (Å²) in [5.41, 5.74) is 1.32. The molecule has 0 unspecified atom stereocenters. The Kier molecular flexibility index (Phi) is 21.1. The van der Waals surface area contributed by atoms with Gasteiger partial charge in [-0.2, -0.15) is 0 Å². The van der Waals surface area contributed by atoms with E-state index in [1.54, 1.807) is 0 Å². The van der Waals surface area contributed by atoms with E-state index < -0.39 is 0 Å². The number of hydrogen-bond donors (Lipinski definition) is 0. The van der Waals surface area contributed by atoms with Gasteiger partial charge < -0.3 is 14.4 Å². The van der Waals surface area contributed by atoms with Crippen LogP contribution in [0.25, 0.3) is 0 Å². The van der Waals surface area contributed by atoms with Crippen molar-refractivity contribution in [2.75, 3.05) is 26.8 Å². The van der Waals surface area contributed by atoms with Gasteiger partial charge in [0.15, 0.2) is 11.5 Å². The van der Waals surface area contributed by atoms with Crippen LogP contribution in [0.1, 0.15) is 142 Å². The molecular weight excluding hydrogens is 430 g/mol. The second-order valence-electron chi connectivity index (χ2n) is 10.5. The fourth-order valence-corrected chi connectivity index (χ4v) is 4.56.